The summed E-state index contributed by atoms with van der Waals surface area (Å²) in [4.78, 5) is 23.3. The van der Waals surface area contributed by atoms with E-state index in [0.29, 0.717) is 25.4 Å². The van der Waals surface area contributed by atoms with Crippen LogP contribution < -0.4 is 16.4 Å². The molecule has 0 aromatic heterocycles. The summed E-state index contributed by atoms with van der Waals surface area (Å²) in [5.74, 6) is 0.297. The zero-order valence-corrected chi connectivity index (χ0v) is 14.6. The molecule has 0 radical (unpaired) electrons. The molecular weight excluding hydrogens is 306 g/mol. The largest absolute Gasteiger partial charge is 0.445 e. The highest BCUT2D eigenvalue weighted by Gasteiger charge is 2.12. The lowest BCUT2D eigenvalue weighted by Crippen LogP contribution is -2.41. The predicted octanol–water partition coefficient (Wildman–Crippen LogP) is 2.18. The van der Waals surface area contributed by atoms with Crippen molar-refractivity contribution in [2.24, 2.45) is 11.7 Å². The highest BCUT2D eigenvalue weighted by atomic mass is 16.5. The van der Waals surface area contributed by atoms with Gasteiger partial charge in [0.2, 0.25) is 5.91 Å². The molecular formula is C18H29N3O3. The Morgan fingerprint density at radius 2 is 1.83 bits per heavy atom. The van der Waals surface area contributed by atoms with Crippen LogP contribution in [-0.2, 0) is 16.1 Å². The van der Waals surface area contributed by atoms with Gasteiger partial charge in [0.1, 0.15) is 6.61 Å². The Morgan fingerprint density at radius 1 is 1.12 bits per heavy atom. The van der Waals surface area contributed by atoms with Crippen molar-refractivity contribution in [1.82, 2.24) is 10.6 Å². The number of rotatable bonds is 10. The van der Waals surface area contributed by atoms with Gasteiger partial charge in [-0.25, -0.2) is 4.79 Å². The summed E-state index contributed by atoms with van der Waals surface area (Å²) < 4.78 is 5.11. The predicted molar refractivity (Wildman–Crippen MR) is 94.3 cm³/mol. The van der Waals surface area contributed by atoms with Crippen LogP contribution in [0.4, 0.5) is 4.79 Å². The highest BCUT2D eigenvalue weighted by Crippen LogP contribution is 2.01. The lowest BCUT2D eigenvalue weighted by Gasteiger charge is -2.13. The van der Waals surface area contributed by atoms with Gasteiger partial charge in [-0.05, 0) is 30.7 Å². The molecule has 0 heterocycles. The van der Waals surface area contributed by atoms with Crippen LogP contribution in [0.25, 0.3) is 0 Å². The summed E-state index contributed by atoms with van der Waals surface area (Å²) in [5.41, 5.74) is 6.78. The Labute approximate surface area is 144 Å². The van der Waals surface area contributed by atoms with Gasteiger partial charge in [0.15, 0.2) is 0 Å². The molecule has 0 spiro atoms. The second-order valence-corrected chi connectivity index (χ2v) is 6.23. The van der Waals surface area contributed by atoms with Crippen molar-refractivity contribution in [2.45, 2.75) is 45.8 Å². The van der Waals surface area contributed by atoms with Crippen molar-refractivity contribution >= 4 is 12.0 Å². The van der Waals surface area contributed by atoms with E-state index >= 15 is 0 Å². The van der Waals surface area contributed by atoms with Crippen molar-refractivity contribution in [3.05, 3.63) is 35.9 Å². The number of nitrogens with two attached hydrogens (primary N) is 1. The Hall–Kier alpha value is -2.08. The molecule has 0 fully saturated rings. The third-order valence-corrected chi connectivity index (χ3v) is 3.45. The van der Waals surface area contributed by atoms with E-state index < -0.39 is 12.1 Å². The van der Waals surface area contributed by atoms with Crippen LogP contribution in [0.1, 0.15) is 38.7 Å². The van der Waals surface area contributed by atoms with Gasteiger partial charge in [-0.2, -0.15) is 0 Å². The minimum atomic E-state index is -0.492. The molecule has 134 valence electrons. The van der Waals surface area contributed by atoms with Crippen molar-refractivity contribution in [3.8, 4) is 0 Å². The summed E-state index contributed by atoms with van der Waals surface area (Å²) in [6.07, 6.45) is 1.70. The van der Waals surface area contributed by atoms with Gasteiger partial charge in [0.05, 0.1) is 6.04 Å². The van der Waals surface area contributed by atoms with Crippen LogP contribution in [-0.4, -0.2) is 31.1 Å². The molecule has 4 N–H and O–H groups in total. The molecule has 0 aliphatic heterocycles. The third-order valence-electron chi connectivity index (χ3n) is 3.45. The molecule has 1 rings (SSSR count). The molecule has 24 heavy (non-hydrogen) atoms. The normalized spacial score (nSPS) is 11.8. The van der Waals surface area contributed by atoms with Crippen molar-refractivity contribution in [2.75, 3.05) is 13.1 Å². The fourth-order valence-corrected chi connectivity index (χ4v) is 2.02. The van der Waals surface area contributed by atoms with Gasteiger partial charge in [-0.3, -0.25) is 4.79 Å². The Balaban J connectivity index is 2.04. The monoisotopic (exact) mass is 335 g/mol. The number of ether oxygens (including phenoxy) is 1. The van der Waals surface area contributed by atoms with E-state index in [-0.39, 0.29) is 12.5 Å². The number of carbonyl (C=O) groups excluding carboxylic acids is 2. The molecule has 0 unspecified atom stereocenters. The molecule has 6 heteroatoms. The van der Waals surface area contributed by atoms with E-state index in [1.165, 1.54) is 0 Å². The van der Waals surface area contributed by atoms with E-state index in [0.717, 1.165) is 18.4 Å². The molecule has 0 bridgehead atoms. The van der Waals surface area contributed by atoms with Gasteiger partial charge in [0.25, 0.3) is 0 Å². The second kappa shape index (κ2) is 11.5. The summed E-state index contributed by atoms with van der Waals surface area (Å²) in [5, 5.41) is 5.51. The van der Waals surface area contributed by atoms with Gasteiger partial charge in [-0.15, -0.1) is 0 Å². The minimum Gasteiger partial charge on any atom is -0.445 e. The molecule has 2 amide bonds. The van der Waals surface area contributed by atoms with Crippen LogP contribution in [0.15, 0.2) is 30.3 Å². The summed E-state index contributed by atoms with van der Waals surface area (Å²) in [7, 11) is 0. The van der Waals surface area contributed by atoms with Crippen LogP contribution in [0.2, 0.25) is 0 Å². The number of unbranched alkanes of at least 4 members (excludes halogenated alkanes) is 1. The average Bonchev–Trinajstić information content (AvgIpc) is 2.58. The third kappa shape index (κ3) is 9.15. The maximum absolute atomic E-state index is 11.7. The van der Waals surface area contributed by atoms with E-state index in [9.17, 15) is 9.59 Å². The highest BCUT2D eigenvalue weighted by molar-refractivity contribution is 5.81. The van der Waals surface area contributed by atoms with Crippen LogP contribution in [0, 0.1) is 5.92 Å². The number of nitrogens with one attached hydrogen (secondary N) is 2. The fraction of sp³-hybridized carbons (Fsp3) is 0.556. The zero-order valence-electron chi connectivity index (χ0n) is 14.6. The number of hydrogen-bond donors (Lipinski definition) is 3. The quantitative estimate of drug-likeness (QED) is 0.571. The van der Waals surface area contributed by atoms with Gasteiger partial charge in [-0.1, -0.05) is 44.2 Å². The smallest absolute Gasteiger partial charge is 0.407 e. The Bertz CT molecular complexity index is 492. The van der Waals surface area contributed by atoms with Crippen molar-refractivity contribution in [3.63, 3.8) is 0 Å². The molecule has 0 saturated carbocycles. The number of alkyl carbamates (subject to hydrolysis) is 1. The molecule has 0 aliphatic carbocycles. The van der Waals surface area contributed by atoms with E-state index in [4.69, 9.17) is 10.5 Å². The summed E-state index contributed by atoms with van der Waals surface area (Å²) >= 11 is 0. The molecule has 0 saturated heterocycles. The first-order chi connectivity index (χ1) is 11.5. The SMILES string of the molecule is CC(C)CNC(=O)[C@@H](N)CCCCNC(=O)OCc1ccccc1. The maximum atomic E-state index is 11.7. The molecule has 6 nitrogen and oxygen atoms in total. The number of carbonyl (C=O) groups is 2. The maximum Gasteiger partial charge on any atom is 0.407 e. The first kappa shape index (κ1) is 20.0. The topological polar surface area (TPSA) is 93.5 Å². The number of amides is 2. The lowest BCUT2D eigenvalue weighted by molar-refractivity contribution is -0.122. The first-order valence-electron chi connectivity index (χ1n) is 8.47. The second-order valence-electron chi connectivity index (χ2n) is 6.23. The van der Waals surface area contributed by atoms with Gasteiger partial charge < -0.3 is 21.1 Å². The zero-order chi connectivity index (χ0) is 17.8. The summed E-state index contributed by atoms with van der Waals surface area (Å²) in [6, 6.07) is 9.03. The van der Waals surface area contributed by atoms with E-state index in [1.54, 1.807) is 0 Å². The standard InChI is InChI=1S/C18H29N3O3/c1-14(2)12-21-17(22)16(19)10-6-7-11-20-18(23)24-13-15-8-4-3-5-9-15/h3-5,8-9,14,16H,6-7,10-13,19H2,1-2H3,(H,20,23)(H,21,22)/t16-/m0/s1. The Morgan fingerprint density at radius 3 is 2.50 bits per heavy atom. The van der Waals surface area contributed by atoms with Crippen molar-refractivity contribution in [1.29, 1.82) is 0 Å². The summed E-state index contributed by atoms with van der Waals surface area (Å²) in [6.45, 7) is 5.48. The Kier molecular flexibility index (Phi) is 9.53. The molecule has 0 aliphatic rings. The van der Waals surface area contributed by atoms with Crippen molar-refractivity contribution < 1.29 is 14.3 Å². The van der Waals surface area contributed by atoms with Crippen LogP contribution in [0.3, 0.4) is 0 Å². The minimum absolute atomic E-state index is 0.112. The molecule has 1 aromatic carbocycles. The van der Waals surface area contributed by atoms with Crippen LogP contribution >= 0.6 is 0 Å². The van der Waals surface area contributed by atoms with Crippen LogP contribution in [0.5, 0.6) is 0 Å². The first-order valence-corrected chi connectivity index (χ1v) is 8.47. The van der Waals surface area contributed by atoms with Gasteiger partial charge in [0, 0.05) is 13.1 Å². The molecule has 1 atom stereocenters. The lowest BCUT2D eigenvalue weighted by atomic mass is 10.1. The number of benzene rings is 1. The number of hydrogen-bond acceptors (Lipinski definition) is 4. The fourth-order valence-electron chi connectivity index (χ4n) is 2.02. The molecule has 1 aromatic rings. The average molecular weight is 335 g/mol. The van der Waals surface area contributed by atoms with E-state index in [1.807, 2.05) is 44.2 Å². The van der Waals surface area contributed by atoms with E-state index in [2.05, 4.69) is 10.6 Å². The van der Waals surface area contributed by atoms with Gasteiger partial charge >= 0.3 is 6.09 Å².